The second-order valence-electron chi connectivity index (χ2n) is 7.05. The van der Waals surface area contributed by atoms with Gasteiger partial charge in [-0.1, -0.05) is 6.92 Å². The van der Waals surface area contributed by atoms with Gasteiger partial charge in [0.2, 0.25) is 0 Å². The molecule has 0 aromatic heterocycles. The monoisotopic (exact) mass is 334 g/mol. The molecular weight excluding hydrogens is 304 g/mol. The lowest BCUT2D eigenvalue weighted by Gasteiger charge is -2.23. The molecule has 1 atom stereocenters. The van der Waals surface area contributed by atoms with Crippen molar-refractivity contribution in [3.8, 4) is 0 Å². The number of ether oxygens (including phenoxy) is 5. The van der Waals surface area contributed by atoms with E-state index in [1.807, 2.05) is 6.92 Å². The van der Waals surface area contributed by atoms with Gasteiger partial charge in [0.1, 0.15) is 17.8 Å². The van der Waals surface area contributed by atoms with Gasteiger partial charge in [0.15, 0.2) is 6.10 Å². The minimum Gasteiger partial charge on any atom is -0.430 e. The molecule has 7 nitrogen and oxygen atoms in total. The summed E-state index contributed by atoms with van der Waals surface area (Å²) in [6.07, 6.45) is -1.60. The van der Waals surface area contributed by atoms with Crippen LogP contribution >= 0.6 is 0 Å². The van der Waals surface area contributed by atoms with Gasteiger partial charge in [-0.2, -0.15) is 0 Å². The van der Waals surface area contributed by atoms with Gasteiger partial charge in [0.25, 0.3) is 0 Å². The van der Waals surface area contributed by atoms with E-state index in [9.17, 15) is 9.59 Å². The van der Waals surface area contributed by atoms with Crippen LogP contribution in [-0.4, -0.2) is 49.4 Å². The van der Waals surface area contributed by atoms with E-state index in [1.165, 1.54) is 0 Å². The predicted molar refractivity (Wildman–Crippen MR) is 84.4 cm³/mol. The van der Waals surface area contributed by atoms with E-state index in [2.05, 4.69) is 0 Å². The summed E-state index contributed by atoms with van der Waals surface area (Å²) in [7, 11) is 0. The van der Waals surface area contributed by atoms with E-state index in [-0.39, 0.29) is 13.2 Å². The first-order valence-electron chi connectivity index (χ1n) is 7.76. The van der Waals surface area contributed by atoms with Gasteiger partial charge in [-0.05, 0) is 48.0 Å². The van der Waals surface area contributed by atoms with Gasteiger partial charge in [-0.15, -0.1) is 0 Å². The average Bonchev–Trinajstić information content (AvgIpc) is 2.31. The normalized spacial score (nSPS) is 13.2. The van der Waals surface area contributed by atoms with Gasteiger partial charge in [0.05, 0.1) is 6.61 Å². The molecule has 0 radical (unpaired) electrons. The SMILES string of the molecule is CCCOCC(COC(=O)OC(C)(C)C)OC(=O)OC(C)(C)C. The van der Waals surface area contributed by atoms with Crippen LogP contribution in [0.15, 0.2) is 0 Å². The Bertz CT molecular complexity index is 366. The average molecular weight is 334 g/mol. The highest BCUT2D eigenvalue weighted by Crippen LogP contribution is 2.11. The van der Waals surface area contributed by atoms with E-state index < -0.39 is 29.6 Å². The van der Waals surface area contributed by atoms with Crippen molar-refractivity contribution in [1.29, 1.82) is 0 Å². The highest BCUT2D eigenvalue weighted by molar-refractivity contribution is 5.61. The maximum absolute atomic E-state index is 11.7. The predicted octanol–water partition coefficient (Wildman–Crippen LogP) is 3.69. The summed E-state index contributed by atoms with van der Waals surface area (Å²) in [5, 5.41) is 0. The number of hydrogen-bond donors (Lipinski definition) is 0. The molecule has 0 aromatic rings. The third-order valence-electron chi connectivity index (χ3n) is 2.08. The van der Waals surface area contributed by atoms with E-state index in [0.717, 1.165) is 6.42 Å². The fraction of sp³-hybridized carbons (Fsp3) is 0.875. The van der Waals surface area contributed by atoms with E-state index in [1.54, 1.807) is 41.5 Å². The first-order chi connectivity index (χ1) is 10.4. The van der Waals surface area contributed by atoms with Crippen LogP contribution in [-0.2, 0) is 23.7 Å². The quantitative estimate of drug-likeness (QED) is 0.519. The Kier molecular flexibility index (Phi) is 8.97. The minimum absolute atomic E-state index is 0.107. The van der Waals surface area contributed by atoms with Gasteiger partial charge in [-0.3, -0.25) is 0 Å². The zero-order valence-electron chi connectivity index (χ0n) is 15.3. The lowest BCUT2D eigenvalue weighted by molar-refractivity contribution is -0.0746. The fourth-order valence-corrected chi connectivity index (χ4v) is 1.33. The first-order valence-corrected chi connectivity index (χ1v) is 7.76. The fourth-order valence-electron chi connectivity index (χ4n) is 1.33. The van der Waals surface area contributed by atoms with Gasteiger partial charge < -0.3 is 23.7 Å². The first kappa shape index (κ1) is 21.5. The van der Waals surface area contributed by atoms with E-state index in [0.29, 0.717) is 6.61 Å². The molecule has 0 saturated heterocycles. The van der Waals surface area contributed by atoms with Crippen molar-refractivity contribution >= 4 is 12.3 Å². The Morgan fingerprint density at radius 3 is 1.87 bits per heavy atom. The summed E-state index contributed by atoms with van der Waals surface area (Å²) in [6, 6.07) is 0. The Labute approximate surface area is 138 Å². The molecule has 23 heavy (non-hydrogen) atoms. The third kappa shape index (κ3) is 13.9. The molecule has 0 bridgehead atoms. The maximum Gasteiger partial charge on any atom is 0.509 e. The molecule has 0 fully saturated rings. The van der Waals surface area contributed by atoms with Crippen LogP contribution in [0.25, 0.3) is 0 Å². The van der Waals surface area contributed by atoms with Crippen LogP contribution in [0, 0.1) is 0 Å². The van der Waals surface area contributed by atoms with E-state index >= 15 is 0 Å². The second kappa shape index (κ2) is 9.60. The lowest BCUT2D eigenvalue weighted by Crippen LogP contribution is -2.34. The Hall–Kier alpha value is -1.50. The zero-order chi connectivity index (χ0) is 18.1. The summed E-state index contributed by atoms with van der Waals surface area (Å²) >= 11 is 0. The highest BCUT2D eigenvalue weighted by Gasteiger charge is 2.24. The van der Waals surface area contributed by atoms with Crippen molar-refractivity contribution in [2.24, 2.45) is 0 Å². The molecule has 7 heteroatoms. The standard InChI is InChI=1S/C16H30O7/c1-8-9-19-10-12(21-14(18)23-16(5,6)7)11-20-13(17)22-15(2,3)4/h12H,8-11H2,1-7H3. The topological polar surface area (TPSA) is 80.3 Å². The Morgan fingerprint density at radius 2 is 1.39 bits per heavy atom. The minimum atomic E-state index is -0.838. The molecule has 136 valence electrons. The summed E-state index contributed by atoms with van der Waals surface area (Å²) in [5.41, 5.74) is -1.32. The molecule has 0 aliphatic rings. The summed E-state index contributed by atoms with van der Waals surface area (Å²) in [5.74, 6) is 0. The lowest BCUT2D eigenvalue weighted by atomic mass is 10.2. The largest absolute Gasteiger partial charge is 0.509 e. The highest BCUT2D eigenvalue weighted by atomic mass is 16.8. The second-order valence-corrected chi connectivity index (χ2v) is 7.05. The van der Waals surface area contributed by atoms with Crippen molar-refractivity contribution in [3.63, 3.8) is 0 Å². The van der Waals surface area contributed by atoms with Crippen LogP contribution in [0.5, 0.6) is 0 Å². The number of carbonyl (C=O) groups is 2. The number of hydrogen-bond acceptors (Lipinski definition) is 7. The molecule has 0 heterocycles. The molecule has 0 aliphatic heterocycles. The molecule has 0 N–H and O–H groups in total. The van der Waals surface area contributed by atoms with Crippen LogP contribution in [0.1, 0.15) is 54.9 Å². The molecular formula is C16H30O7. The van der Waals surface area contributed by atoms with Crippen molar-refractivity contribution in [1.82, 2.24) is 0 Å². The molecule has 0 spiro atoms. The molecule has 0 amide bonds. The van der Waals surface area contributed by atoms with Crippen LogP contribution < -0.4 is 0 Å². The van der Waals surface area contributed by atoms with Crippen molar-refractivity contribution in [3.05, 3.63) is 0 Å². The van der Waals surface area contributed by atoms with Crippen LogP contribution in [0.3, 0.4) is 0 Å². The third-order valence-corrected chi connectivity index (χ3v) is 2.08. The summed E-state index contributed by atoms with van der Waals surface area (Å²) in [4.78, 5) is 23.3. The number of rotatable bonds is 7. The maximum atomic E-state index is 11.7. The molecule has 0 aromatic carbocycles. The van der Waals surface area contributed by atoms with Crippen LogP contribution in [0.2, 0.25) is 0 Å². The van der Waals surface area contributed by atoms with Gasteiger partial charge >= 0.3 is 12.3 Å². The Morgan fingerprint density at radius 1 is 0.870 bits per heavy atom. The number of carbonyl (C=O) groups excluding carboxylic acids is 2. The molecule has 0 aliphatic carbocycles. The van der Waals surface area contributed by atoms with Crippen LogP contribution in [0.4, 0.5) is 9.59 Å². The van der Waals surface area contributed by atoms with Gasteiger partial charge in [-0.25, -0.2) is 9.59 Å². The van der Waals surface area contributed by atoms with Crippen molar-refractivity contribution < 1.29 is 33.3 Å². The van der Waals surface area contributed by atoms with Gasteiger partial charge in [0, 0.05) is 6.61 Å². The van der Waals surface area contributed by atoms with E-state index in [4.69, 9.17) is 23.7 Å². The molecule has 0 saturated carbocycles. The Balaban J connectivity index is 4.44. The molecule has 1 unspecified atom stereocenters. The van der Waals surface area contributed by atoms with Crippen molar-refractivity contribution in [2.45, 2.75) is 72.2 Å². The smallest absolute Gasteiger partial charge is 0.430 e. The zero-order valence-corrected chi connectivity index (χ0v) is 15.3. The summed E-state index contributed by atoms with van der Waals surface area (Å²) in [6.45, 7) is 12.8. The molecule has 0 rings (SSSR count). The summed E-state index contributed by atoms with van der Waals surface area (Å²) < 4.78 is 25.5. The van der Waals surface area contributed by atoms with Crippen molar-refractivity contribution in [2.75, 3.05) is 19.8 Å².